The number of aliphatic hydroxyl groups is 4. The van der Waals surface area contributed by atoms with Gasteiger partial charge in [0.15, 0.2) is 5.76 Å². The summed E-state index contributed by atoms with van der Waals surface area (Å²) in [4.78, 5) is 23.1. The summed E-state index contributed by atoms with van der Waals surface area (Å²) < 4.78 is 9.38. The number of hydrogen-bond donors (Lipinski definition) is 4. The minimum absolute atomic E-state index is 0.0247. The van der Waals surface area contributed by atoms with E-state index >= 15 is 0 Å². The zero-order chi connectivity index (χ0) is 21.7. The molecule has 4 N–H and O–H groups in total. The maximum atomic E-state index is 11.9. The van der Waals surface area contributed by atoms with Crippen LogP contribution in [-0.2, 0) is 19.1 Å². The lowest BCUT2D eigenvalue weighted by Gasteiger charge is -2.29. The average molecular weight is 417 g/mol. The molecule has 0 aromatic rings. The summed E-state index contributed by atoms with van der Waals surface area (Å²) in [6.07, 6.45) is 11.9. The molecule has 8 nitrogen and oxygen atoms in total. The highest BCUT2D eigenvalue weighted by atomic mass is 16.7. The predicted molar refractivity (Wildman–Crippen MR) is 106 cm³/mol. The lowest BCUT2D eigenvalue weighted by atomic mass is 10.0. The van der Waals surface area contributed by atoms with Gasteiger partial charge in [-0.25, -0.2) is 4.79 Å². The summed E-state index contributed by atoms with van der Waals surface area (Å²) in [7, 11) is 0. The van der Waals surface area contributed by atoms with Gasteiger partial charge in [-0.3, -0.25) is 4.79 Å². The highest BCUT2D eigenvalue weighted by Gasteiger charge is 2.51. The van der Waals surface area contributed by atoms with E-state index in [9.17, 15) is 30.0 Å². The van der Waals surface area contributed by atoms with Crippen LogP contribution in [0, 0.1) is 0 Å². The molecular formula is C21H36O8. The number of aliphatic hydroxyl groups excluding tert-OH is 3. The van der Waals surface area contributed by atoms with Gasteiger partial charge in [-0.15, -0.1) is 0 Å². The normalized spacial score (nSPS) is 18.6. The summed E-state index contributed by atoms with van der Waals surface area (Å²) in [6.45, 7) is 1.11. The molecule has 0 bridgehead atoms. The standard InChI is InChI=1S/C21H36O8/c1-2-3-4-5-6-7-8-9-10-11-12-13-14-16(23)29-21(27,15-22)19-17(24)18(25)20(26)28-19/h19,22,24-25,27H,2-15H2,1H3/t19-,21+/m0/s1. The van der Waals surface area contributed by atoms with Gasteiger partial charge in [0.25, 0.3) is 5.79 Å². The van der Waals surface area contributed by atoms with E-state index < -0.39 is 42.0 Å². The van der Waals surface area contributed by atoms with Crippen molar-refractivity contribution in [1.82, 2.24) is 0 Å². The molecule has 0 aromatic carbocycles. The Kier molecular flexibility index (Phi) is 11.7. The second-order valence-corrected chi connectivity index (χ2v) is 7.64. The number of carbonyl (C=O) groups excluding carboxylic acids is 2. The molecule has 0 spiro atoms. The summed E-state index contributed by atoms with van der Waals surface area (Å²) in [5, 5.41) is 38.4. The highest BCUT2D eigenvalue weighted by molar-refractivity contribution is 5.89. The van der Waals surface area contributed by atoms with Gasteiger partial charge < -0.3 is 29.9 Å². The van der Waals surface area contributed by atoms with Gasteiger partial charge in [0.2, 0.25) is 11.9 Å². The number of hydrogen-bond acceptors (Lipinski definition) is 8. The zero-order valence-electron chi connectivity index (χ0n) is 17.4. The van der Waals surface area contributed by atoms with Gasteiger partial charge in [0.05, 0.1) is 0 Å². The molecule has 0 aliphatic carbocycles. The minimum atomic E-state index is -2.64. The van der Waals surface area contributed by atoms with Crippen LogP contribution in [0.25, 0.3) is 0 Å². The third-order valence-electron chi connectivity index (χ3n) is 5.07. The maximum Gasteiger partial charge on any atom is 0.378 e. The Labute approximate surface area is 172 Å². The van der Waals surface area contributed by atoms with E-state index in [1.54, 1.807) is 0 Å². The topological polar surface area (TPSA) is 134 Å². The van der Waals surface area contributed by atoms with Gasteiger partial charge in [-0.2, -0.15) is 0 Å². The van der Waals surface area contributed by atoms with Gasteiger partial charge in [0.1, 0.15) is 6.61 Å². The Bertz CT molecular complexity index is 545. The number of carbonyl (C=O) groups is 2. The van der Waals surface area contributed by atoms with Crippen LogP contribution in [0.15, 0.2) is 11.5 Å². The number of esters is 2. The molecule has 0 fully saturated rings. The Morgan fingerprint density at radius 2 is 1.45 bits per heavy atom. The van der Waals surface area contributed by atoms with Crippen molar-refractivity contribution in [2.24, 2.45) is 0 Å². The fourth-order valence-electron chi connectivity index (χ4n) is 3.28. The van der Waals surface area contributed by atoms with Crippen LogP contribution in [0.2, 0.25) is 0 Å². The summed E-state index contributed by atoms with van der Waals surface area (Å²) in [5.74, 6) is -6.76. The molecule has 0 saturated heterocycles. The monoisotopic (exact) mass is 416 g/mol. The van der Waals surface area contributed by atoms with Crippen molar-refractivity contribution < 1.29 is 39.5 Å². The van der Waals surface area contributed by atoms with E-state index in [0.717, 1.165) is 19.3 Å². The van der Waals surface area contributed by atoms with Crippen molar-refractivity contribution in [1.29, 1.82) is 0 Å². The second-order valence-electron chi connectivity index (χ2n) is 7.64. The van der Waals surface area contributed by atoms with Crippen LogP contribution in [0.3, 0.4) is 0 Å². The minimum Gasteiger partial charge on any atom is -0.505 e. The van der Waals surface area contributed by atoms with Gasteiger partial charge >= 0.3 is 11.9 Å². The van der Waals surface area contributed by atoms with Crippen LogP contribution in [0.4, 0.5) is 0 Å². The summed E-state index contributed by atoms with van der Waals surface area (Å²) >= 11 is 0. The lowest BCUT2D eigenvalue weighted by molar-refractivity contribution is -0.259. The fourth-order valence-corrected chi connectivity index (χ4v) is 3.28. The maximum absolute atomic E-state index is 11.9. The molecule has 0 amide bonds. The van der Waals surface area contributed by atoms with Gasteiger partial charge in [0, 0.05) is 6.42 Å². The molecule has 8 heteroatoms. The van der Waals surface area contributed by atoms with Gasteiger partial charge in [-0.05, 0) is 6.42 Å². The Balaban J connectivity index is 2.15. The van der Waals surface area contributed by atoms with Crippen molar-refractivity contribution in [3.63, 3.8) is 0 Å². The molecule has 0 aromatic heterocycles. The largest absolute Gasteiger partial charge is 0.505 e. The van der Waals surface area contributed by atoms with E-state index in [0.29, 0.717) is 6.42 Å². The van der Waals surface area contributed by atoms with E-state index in [2.05, 4.69) is 11.7 Å². The van der Waals surface area contributed by atoms with Crippen LogP contribution in [0.5, 0.6) is 0 Å². The predicted octanol–water partition coefficient (Wildman–Crippen LogP) is 3.55. The Hall–Kier alpha value is -1.80. The Morgan fingerprint density at radius 3 is 1.86 bits per heavy atom. The van der Waals surface area contributed by atoms with Crippen molar-refractivity contribution in [2.75, 3.05) is 6.61 Å². The molecule has 1 aliphatic rings. The quantitative estimate of drug-likeness (QED) is 0.170. The van der Waals surface area contributed by atoms with Crippen LogP contribution < -0.4 is 0 Å². The first kappa shape index (κ1) is 25.2. The second kappa shape index (κ2) is 13.4. The highest BCUT2D eigenvalue weighted by Crippen LogP contribution is 2.29. The van der Waals surface area contributed by atoms with Crippen LogP contribution in [0.1, 0.15) is 90.4 Å². The van der Waals surface area contributed by atoms with Gasteiger partial charge in [-0.1, -0.05) is 77.6 Å². The SMILES string of the molecule is CCCCCCCCCCCCCCC(=O)O[C@](O)(CO)[C@H]1OC(=O)C(O)=C1O. The Morgan fingerprint density at radius 1 is 0.966 bits per heavy atom. The third kappa shape index (κ3) is 8.62. The first-order valence-electron chi connectivity index (χ1n) is 10.7. The van der Waals surface area contributed by atoms with E-state index in [-0.39, 0.29) is 6.42 Å². The zero-order valence-corrected chi connectivity index (χ0v) is 17.4. The first-order chi connectivity index (χ1) is 13.9. The molecule has 0 saturated carbocycles. The molecular weight excluding hydrogens is 380 g/mol. The molecule has 1 rings (SSSR count). The molecule has 168 valence electrons. The van der Waals surface area contributed by atoms with Crippen LogP contribution in [-0.4, -0.2) is 50.9 Å². The van der Waals surface area contributed by atoms with E-state index in [1.807, 2.05) is 0 Å². The molecule has 1 aliphatic heterocycles. The smallest absolute Gasteiger partial charge is 0.378 e. The molecule has 0 unspecified atom stereocenters. The average Bonchev–Trinajstić information content (AvgIpc) is 2.96. The third-order valence-corrected chi connectivity index (χ3v) is 5.07. The number of rotatable bonds is 16. The van der Waals surface area contributed by atoms with Crippen molar-refractivity contribution in [3.8, 4) is 0 Å². The van der Waals surface area contributed by atoms with Crippen molar-refractivity contribution in [2.45, 2.75) is 102 Å². The molecule has 2 atom stereocenters. The fraction of sp³-hybridized carbons (Fsp3) is 0.810. The number of ether oxygens (including phenoxy) is 2. The summed E-state index contributed by atoms with van der Waals surface area (Å²) in [6, 6.07) is 0. The van der Waals surface area contributed by atoms with Crippen molar-refractivity contribution >= 4 is 11.9 Å². The van der Waals surface area contributed by atoms with E-state index in [4.69, 9.17) is 4.74 Å². The molecule has 1 heterocycles. The van der Waals surface area contributed by atoms with E-state index in [1.165, 1.54) is 51.4 Å². The van der Waals surface area contributed by atoms with Crippen LogP contribution >= 0.6 is 0 Å². The molecule has 0 radical (unpaired) electrons. The number of unbranched alkanes of at least 4 members (excludes halogenated alkanes) is 11. The lowest BCUT2D eigenvalue weighted by Crippen LogP contribution is -2.50. The molecule has 29 heavy (non-hydrogen) atoms. The first-order valence-corrected chi connectivity index (χ1v) is 10.7. The summed E-state index contributed by atoms with van der Waals surface area (Å²) in [5.41, 5.74) is 0. The van der Waals surface area contributed by atoms with Crippen molar-refractivity contribution in [3.05, 3.63) is 11.5 Å². The number of cyclic esters (lactones) is 1.